The number of rotatable bonds is 5. The number of piperidine rings is 1. The molecule has 2 aromatic heterocycles. The Kier molecular flexibility index (Phi) is 5.88. The van der Waals surface area contributed by atoms with Gasteiger partial charge in [-0.1, -0.05) is 11.6 Å². The van der Waals surface area contributed by atoms with Gasteiger partial charge in [0.25, 0.3) is 5.91 Å². The molecule has 1 aromatic carbocycles. The molecule has 1 fully saturated rings. The van der Waals surface area contributed by atoms with E-state index in [0.717, 1.165) is 12.8 Å². The smallest absolute Gasteiger partial charge is 0.254 e. The molecule has 4 N–H and O–H groups in total. The van der Waals surface area contributed by atoms with Crippen LogP contribution in [-0.2, 0) is 0 Å². The number of pyridine rings is 1. The van der Waals surface area contributed by atoms with E-state index in [0.29, 0.717) is 34.5 Å². The molecule has 32 heavy (non-hydrogen) atoms. The first-order valence-electron chi connectivity index (χ1n) is 10.1. The van der Waals surface area contributed by atoms with Gasteiger partial charge in [0.15, 0.2) is 6.19 Å². The fourth-order valence-corrected chi connectivity index (χ4v) is 3.93. The summed E-state index contributed by atoms with van der Waals surface area (Å²) in [6.45, 7) is 2.48. The van der Waals surface area contributed by atoms with E-state index in [1.54, 1.807) is 46.0 Å². The molecule has 2 atom stereocenters. The average molecular weight is 452 g/mol. The molecule has 0 radical (unpaired) electrons. The standard InChI is InChI=1S/C22H22ClN7O2/c1-13-2-6-16(11-29(13)12-24)30-21(25)19(22(26)31)20(28-30)14-3-7-17(8-4-14)32-18-9-5-15(23)10-27-18/h3-5,7-10,13,16H,2,6,11,25H2,1H3,(H2,26,31)/t13-,16?/m1/s1. The summed E-state index contributed by atoms with van der Waals surface area (Å²) in [5, 5.41) is 14.5. The Morgan fingerprint density at radius 2 is 2.00 bits per heavy atom. The molecule has 0 aliphatic carbocycles. The van der Waals surface area contributed by atoms with Crippen LogP contribution in [0.5, 0.6) is 11.6 Å². The zero-order valence-electron chi connectivity index (χ0n) is 17.4. The maximum absolute atomic E-state index is 12.2. The Morgan fingerprint density at radius 1 is 1.25 bits per heavy atom. The number of hydrogen-bond acceptors (Lipinski definition) is 7. The first kappa shape index (κ1) is 21.5. The highest BCUT2D eigenvalue weighted by atomic mass is 35.5. The predicted octanol–water partition coefficient (Wildman–Crippen LogP) is 3.58. The predicted molar refractivity (Wildman–Crippen MR) is 120 cm³/mol. The average Bonchev–Trinajstić information content (AvgIpc) is 3.13. The molecule has 1 saturated heterocycles. The number of amides is 1. The van der Waals surface area contributed by atoms with Gasteiger partial charge in [-0.25, -0.2) is 9.67 Å². The van der Waals surface area contributed by atoms with Crippen LogP contribution >= 0.6 is 11.6 Å². The third kappa shape index (κ3) is 4.18. The van der Waals surface area contributed by atoms with E-state index in [1.807, 2.05) is 6.92 Å². The number of benzene rings is 1. The van der Waals surface area contributed by atoms with Gasteiger partial charge in [-0.2, -0.15) is 10.4 Å². The summed E-state index contributed by atoms with van der Waals surface area (Å²) in [6.07, 6.45) is 5.33. The molecule has 1 aliphatic heterocycles. The zero-order valence-corrected chi connectivity index (χ0v) is 18.2. The molecule has 9 nitrogen and oxygen atoms in total. The lowest BCUT2D eigenvalue weighted by molar-refractivity contribution is 0.100. The number of nitriles is 1. The van der Waals surface area contributed by atoms with Crippen LogP contribution in [-0.4, -0.2) is 38.2 Å². The summed E-state index contributed by atoms with van der Waals surface area (Å²) in [5.74, 6) is 0.510. The zero-order chi connectivity index (χ0) is 22.8. The number of nitrogen functional groups attached to an aromatic ring is 1. The quantitative estimate of drug-likeness (QED) is 0.565. The fraction of sp³-hybridized carbons (Fsp3) is 0.273. The molecular formula is C22H22ClN7O2. The van der Waals surface area contributed by atoms with Crippen molar-refractivity contribution in [2.24, 2.45) is 5.73 Å². The molecule has 0 saturated carbocycles. The second kappa shape index (κ2) is 8.77. The normalized spacial score (nSPS) is 18.2. The number of nitrogens with zero attached hydrogens (tertiary/aromatic N) is 5. The van der Waals surface area contributed by atoms with Crippen molar-refractivity contribution in [3.05, 3.63) is 53.2 Å². The van der Waals surface area contributed by atoms with Crippen molar-refractivity contribution in [2.45, 2.75) is 31.8 Å². The van der Waals surface area contributed by atoms with Gasteiger partial charge >= 0.3 is 0 Å². The molecular weight excluding hydrogens is 430 g/mol. The van der Waals surface area contributed by atoms with Crippen molar-refractivity contribution in [3.63, 3.8) is 0 Å². The molecule has 0 bridgehead atoms. The monoisotopic (exact) mass is 451 g/mol. The highest BCUT2D eigenvalue weighted by molar-refractivity contribution is 6.30. The summed E-state index contributed by atoms with van der Waals surface area (Å²) in [7, 11) is 0. The Balaban J connectivity index is 1.63. The van der Waals surface area contributed by atoms with Gasteiger partial charge in [0.05, 0.1) is 17.6 Å². The summed E-state index contributed by atoms with van der Waals surface area (Å²) < 4.78 is 7.33. The number of carbonyl (C=O) groups excluding carboxylic acids is 1. The molecule has 3 aromatic rings. The highest BCUT2D eigenvalue weighted by Gasteiger charge is 2.30. The van der Waals surface area contributed by atoms with Crippen LogP contribution in [0.25, 0.3) is 11.3 Å². The molecule has 164 valence electrons. The Labute approximate surface area is 190 Å². The summed E-state index contributed by atoms with van der Waals surface area (Å²) >= 11 is 5.84. The summed E-state index contributed by atoms with van der Waals surface area (Å²) in [4.78, 5) is 18.0. The van der Waals surface area contributed by atoms with Crippen molar-refractivity contribution in [1.29, 1.82) is 5.26 Å². The van der Waals surface area contributed by atoms with Crippen LogP contribution in [0, 0.1) is 11.5 Å². The fourth-order valence-electron chi connectivity index (χ4n) is 3.82. The molecule has 1 amide bonds. The van der Waals surface area contributed by atoms with Crippen LogP contribution in [0.4, 0.5) is 5.82 Å². The largest absolute Gasteiger partial charge is 0.439 e. The molecule has 1 aliphatic rings. The van der Waals surface area contributed by atoms with E-state index < -0.39 is 5.91 Å². The number of halogens is 1. The minimum atomic E-state index is -0.657. The molecule has 1 unspecified atom stereocenters. The third-order valence-corrected chi connectivity index (χ3v) is 5.80. The number of anilines is 1. The number of carbonyl (C=O) groups is 1. The Hall–Kier alpha value is -3.77. The van der Waals surface area contributed by atoms with Crippen LogP contribution in [0.3, 0.4) is 0 Å². The van der Waals surface area contributed by atoms with Crippen molar-refractivity contribution in [2.75, 3.05) is 12.3 Å². The van der Waals surface area contributed by atoms with Gasteiger partial charge in [0.1, 0.15) is 22.8 Å². The van der Waals surface area contributed by atoms with Gasteiger partial charge in [-0.05, 0) is 50.1 Å². The van der Waals surface area contributed by atoms with E-state index >= 15 is 0 Å². The second-order valence-corrected chi connectivity index (χ2v) is 8.13. The number of hydrogen-bond donors (Lipinski definition) is 2. The van der Waals surface area contributed by atoms with E-state index in [9.17, 15) is 10.1 Å². The summed E-state index contributed by atoms with van der Waals surface area (Å²) in [5.41, 5.74) is 13.2. The van der Waals surface area contributed by atoms with Crippen LogP contribution in [0.1, 0.15) is 36.2 Å². The van der Waals surface area contributed by atoms with Crippen molar-refractivity contribution in [3.8, 4) is 29.1 Å². The number of primary amides is 1. The van der Waals surface area contributed by atoms with Gasteiger partial charge in [-0.3, -0.25) is 4.79 Å². The van der Waals surface area contributed by atoms with Crippen LogP contribution in [0.15, 0.2) is 42.6 Å². The van der Waals surface area contributed by atoms with Gasteiger partial charge < -0.3 is 21.1 Å². The number of ether oxygens (including phenoxy) is 1. The lowest BCUT2D eigenvalue weighted by Crippen LogP contribution is -2.39. The number of aromatic nitrogens is 3. The molecule has 10 heteroatoms. The van der Waals surface area contributed by atoms with Gasteiger partial charge in [0.2, 0.25) is 5.88 Å². The third-order valence-electron chi connectivity index (χ3n) is 5.58. The minimum Gasteiger partial charge on any atom is -0.439 e. The van der Waals surface area contributed by atoms with Crippen molar-refractivity contribution in [1.82, 2.24) is 19.7 Å². The Morgan fingerprint density at radius 3 is 2.62 bits per heavy atom. The lowest BCUT2D eigenvalue weighted by Gasteiger charge is -2.34. The van der Waals surface area contributed by atoms with E-state index in [2.05, 4.69) is 16.3 Å². The van der Waals surface area contributed by atoms with Crippen molar-refractivity contribution >= 4 is 23.3 Å². The van der Waals surface area contributed by atoms with Crippen molar-refractivity contribution < 1.29 is 9.53 Å². The highest BCUT2D eigenvalue weighted by Crippen LogP contribution is 2.34. The summed E-state index contributed by atoms with van der Waals surface area (Å²) in [6, 6.07) is 10.4. The second-order valence-electron chi connectivity index (χ2n) is 7.69. The number of likely N-dealkylation sites (tertiary alicyclic amines) is 1. The van der Waals surface area contributed by atoms with Gasteiger partial charge in [-0.15, -0.1) is 0 Å². The first-order chi connectivity index (χ1) is 15.4. The number of nitrogens with two attached hydrogens (primary N) is 2. The molecule has 0 spiro atoms. The maximum Gasteiger partial charge on any atom is 0.254 e. The topological polar surface area (TPSA) is 136 Å². The van der Waals surface area contributed by atoms with E-state index in [4.69, 9.17) is 27.8 Å². The van der Waals surface area contributed by atoms with Gasteiger partial charge in [0, 0.05) is 23.9 Å². The Bertz CT molecular complexity index is 1170. The lowest BCUT2D eigenvalue weighted by atomic mass is 10.00. The van der Waals surface area contributed by atoms with Crippen LogP contribution < -0.4 is 16.2 Å². The minimum absolute atomic E-state index is 0.128. The molecule has 4 rings (SSSR count). The van der Waals surface area contributed by atoms with E-state index in [1.165, 1.54) is 6.20 Å². The van der Waals surface area contributed by atoms with Crippen LogP contribution in [0.2, 0.25) is 5.02 Å². The van der Waals surface area contributed by atoms with E-state index in [-0.39, 0.29) is 23.5 Å². The molecule has 3 heterocycles. The maximum atomic E-state index is 12.2. The first-order valence-corrected chi connectivity index (χ1v) is 10.5. The SMILES string of the molecule is C[C@@H]1CCC(n2nc(-c3ccc(Oc4ccc(Cl)cn4)cc3)c(C(N)=O)c2N)CN1C#N.